The number of benzene rings is 2. The van der Waals surface area contributed by atoms with Crippen LogP contribution in [-0.2, 0) is 22.4 Å². The molecule has 2 heterocycles. The number of ketones is 2. The first kappa shape index (κ1) is 26.5. The molecule has 0 spiro atoms. The number of nitrogens with one attached hydrogen (secondary N) is 1. The van der Waals surface area contributed by atoms with Crippen LogP contribution in [0.15, 0.2) is 73.3 Å². The summed E-state index contributed by atoms with van der Waals surface area (Å²) in [5.41, 5.74) is 2.33. The molecule has 0 radical (unpaired) electrons. The van der Waals surface area contributed by atoms with Crippen LogP contribution in [0.5, 0.6) is 0 Å². The summed E-state index contributed by atoms with van der Waals surface area (Å²) in [6.45, 7) is 1.47. The Hall–Kier alpha value is -4.57. The largest absolute Gasteiger partial charge is 0.342 e. The lowest BCUT2D eigenvalue weighted by Gasteiger charge is -2.17. The number of carbonyl (C=O) groups is 3. The van der Waals surface area contributed by atoms with Gasteiger partial charge in [-0.1, -0.05) is 35.9 Å². The molecule has 0 aliphatic rings. The molecule has 2 aromatic carbocycles. The van der Waals surface area contributed by atoms with Crippen LogP contribution < -0.4 is 5.32 Å². The fraction of sp³-hybridized carbons (Fsp3) is 0.148. The van der Waals surface area contributed by atoms with E-state index in [1.807, 2.05) is 0 Å². The summed E-state index contributed by atoms with van der Waals surface area (Å²) in [5.74, 6) is -1.66. The van der Waals surface area contributed by atoms with Crippen molar-refractivity contribution in [1.29, 1.82) is 0 Å². The van der Waals surface area contributed by atoms with Crippen LogP contribution in [0.2, 0.25) is 5.02 Å². The van der Waals surface area contributed by atoms with Crippen LogP contribution in [0.3, 0.4) is 0 Å². The Morgan fingerprint density at radius 2 is 1.79 bits per heavy atom. The smallest absolute Gasteiger partial charge is 0.244 e. The highest BCUT2D eigenvalue weighted by molar-refractivity contribution is 6.31. The molecule has 1 atom stereocenters. The van der Waals surface area contributed by atoms with Crippen molar-refractivity contribution in [1.82, 2.24) is 30.5 Å². The van der Waals surface area contributed by atoms with Gasteiger partial charge < -0.3 is 5.32 Å². The van der Waals surface area contributed by atoms with Gasteiger partial charge in [-0.05, 0) is 65.2 Å². The van der Waals surface area contributed by atoms with Crippen molar-refractivity contribution < 1.29 is 18.8 Å². The number of rotatable bonds is 10. The van der Waals surface area contributed by atoms with Gasteiger partial charge in [0.1, 0.15) is 6.33 Å². The van der Waals surface area contributed by atoms with E-state index in [4.69, 9.17) is 11.6 Å². The summed E-state index contributed by atoms with van der Waals surface area (Å²) in [6.07, 6.45) is 7.13. The highest BCUT2D eigenvalue weighted by Crippen LogP contribution is 2.25. The van der Waals surface area contributed by atoms with E-state index in [1.54, 1.807) is 48.8 Å². The number of pyridine rings is 1. The van der Waals surface area contributed by atoms with Gasteiger partial charge in [-0.15, -0.1) is 5.10 Å². The molecule has 4 aromatic rings. The van der Waals surface area contributed by atoms with Gasteiger partial charge in [0.15, 0.2) is 17.4 Å². The van der Waals surface area contributed by atoms with E-state index in [9.17, 15) is 18.8 Å². The minimum absolute atomic E-state index is 0.00233. The minimum Gasteiger partial charge on any atom is -0.342 e. The summed E-state index contributed by atoms with van der Waals surface area (Å²) >= 11 is 5.94. The molecule has 0 saturated carbocycles. The highest BCUT2D eigenvalue weighted by Gasteiger charge is 2.21. The molecule has 1 amide bonds. The first-order chi connectivity index (χ1) is 18.3. The number of nitrogens with zero attached hydrogens (tertiary/aromatic N) is 5. The predicted octanol–water partition coefficient (Wildman–Crippen LogP) is 3.60. The molecular weight excluding hydrogens is 511 g/mol. The third-order valence-electron chi connectivity index (χ3n) is 5.74. The van der Waals surface area contributed by atoms with E-state index >= 15 is 0 Å². The average molecular weight is 533 g/mol. The van der Waals surface area contributed by atoms with Crippen molar-refractivity contribution in [2.24, 2.45) is 0 Å². The van der Waals surface area contributed by atoms with E-state index in [2.05, 4.69) is 25.8 Å². The van der Waals surface area contributed by atoms with Gasteiger partial charge in [0.05, 0.1) is 16.8 Å². The van der Waals surface area contributed by atoms with Gasteiger partial charge >= 0.3 is 0 Å². The van der Waals surface area contributed by atoms with Crippen LogP contribution in [0, 0.1) is 5.82 Å². The van der Waals surface area contributed by atoms with E-state index in [0.717, 1.165) is 11.6 Å². The fourth-order valence-electron chi connectivity index (χ4n) is 3.75. The number of tetrazole rings is 1. The van der Waals surface area contributed by atoms with Crippen LogP contribution in [0.1, 0.15) is 34.0 Å². The van der Waals surface area contributed by atoms with Crippen LogP contribution in [0.25, 0.3) is 11.8 Å². The van der Waals surface area contributed by atoms with Crippen LogP contribution in [0.4, 0.5) is 4.39 Å². The molecule has 0 aliphatic heterocycles. The number of aromatic nitrogens is 5. The Morgan fingerprint density at radius 1 is 1.05 bits per heavy atom. The molecule has 38 heavy (non-hydrogen) atoms. The molecular formula is C27H22ClFN6O3. The monoisotopic (exact) mass is 532 g/mol. The normalized spacial score (nSPS) is 11.9. The van der Waals surface area contributed by atoms with E-state index in [1.165, 1.54) is 36.1 Å². The summed E-state index contributed by atoms with van der Waals surface area (Å²) in [6, 6.07) is 12.3. The number of carbonyl (C=O) groups excluding carboxylic acids is 3. The molecule has 1 N–H and O–H groups in total. The third-order valence-corrected chi connectivity index (χ3v) is 6.03. The molecule has 0 saturated heterocycles. The number of hydrogen-bond donors (Lipinski definition) is 1. The molecule has 0 aliphatic carbocycles. The van der Waals surface area contributed by atoms with Crippen molar-refractivity contribution in [2.75, 3.05) is 0 Å². The minimum atomic E-state index is -0.870. The van der Waals surface area contributed by atoms with Gasteiger partial charge in [-0.2, -0.15) is 4.68 Å². The van der Waals surface area contributed by atoms with Gasteiger partial charge in [-0.3, -0.25) is 19.4 Å². The molecule has 11 heteroatoms. The predicted molar refractivity (Wildman–Crippen MR) is 138 cm³/mol. The standard InChI is InChI=1S/C27H22ClFN6O3/c1-17(36)20-4-2-18(3-5-20)15-25(37)23(14-19-10-12-30-13-11-19)32-26(38)9-6-21-24(35-16-31-33-34-35)8-7-22(28)27(21)29/h2-13,16,23H,14-15H2,1H3,(H,32,38)/b9-6+/t23-/m0/s1. The third kappa shape index (κ3) is 6.60. The second-order valence-corrected chi connectivity index (χ2v) is 8.81. The number of halogens is 2. The quantitative estimate of drug-likeness (QED) is 0.245. The van der Waals surface area contributed by atoms with Crippen molar-refractivity contribution in [3.63, 3.8) is 0 Å². The zero-order valence-electron chi connectivity index (χ0n) is 20.2. The Morgan fingerprint density at radius 3 is 2.45 bits per heavy atom. The van der Waals surface area contributed by atoms with Crippen LogP contribution >= 0.6 is 11.6 Å². The lowest BCUT2D eigenvalue weighted by Crippen LogP contribution is -2.42. The SMILES string of the molecule is CC(=O)c1ccc(CC(=O)[C@H](Cc2ccncc2)NC(=O)/C=C/c2c(-n3cnnn3)ccc(Cl)c2F)cc1. The zero-order chi connectivity index (χ0) is 27.1. The van der Waals surface area contributed by atoms with Gasteiger partial charge in [0.25, 0.3) is 0 Å². The second kappa shape index (κ2) is 12.1. The van der Waals surface area contributed by atoms with Crippen LogP contribution in [-0.4, -0.2) is 48.7 Å². The van der Waals surface area contributed by atoms with Gasteiger partial charge in [-0.25, -0.2) is 4.39 Å². The molecule has 0 fully saturated rings. The lowest BCUT2D eigenvalue weighted by atomic mass is 9.97. The number of Topliss-reactive ketones (excluding diaryl/α,β-unsaturated/α-hetero) is 2. The molecule has 192 valence electrons. The summed E-state index contributed by atoms with van der Waals surface area (Å²) < 4.78 is 16.1. The maximum absolute atomic E-state index is 14.8. The molecule has 2 aromatic heterocycles. The average Bonchev–Trinajstić information content (AvgIpc) is 3.45. The lowest BCUT2D eigenvalue weighted by molar-refractivity contribution is -0.125. The number of hydrogen-bond acceptors (Lipinski definition) is 7. The van der Waals surface area contributed by atoms with E-state index in [-0.39, 0.29) is 40.7 Å². The van der Waals surface area contributed by atoms with Crippen molar-refractivity contribution in [2.45, 2.75) is 25.8 Å². The van der Waals surface area contributed by atoms with E-state index < -0.39 is 17.8 Å². The van der Waals surface area contributed by atoms with Gasteiger partial charge in [0.2, 0.25) is 5.91 Å². The molecule has 0 bridgehead atoms. The highest BCUT2D eigenvalue weighted by atomic mass is 35.5. The Balaban J connectivity index is 1.54. The Labute approximate surface area is 222 Å². The second-order valence-electron chi connectivity index (χ2n) is 8.40. The Kier molecular flexibility index (Phi) is 8.44. The van der Waals surface area contributed by atoms with Crippen molar-refractivity contribution in [3.05, 3.63) is 106 Å². The van der Waals surface area contributed by atoms with Gasteiger partial charge in [0, 0.05) is 36.0 Å². The molecule has 0 unspecified atom stereocenters. The first-order valence-electron chi connectivity index (χ1n) is 11.5. The van der Waals surface area contributed by atoms with Crippen molar-refractivity contribution >= 4 is 35.2 Å². The number of amides is 1. The molecule has 4 rings (SSSR count). The summed E-state index contributed by atoms with van der Waals surface area (Å²) in [5, 5.41) is 13.4. The van der Waals surface area contributed by atoms with Crippen molar-refractivity contribution in [3.8, 4) is 5.69 Å². The first-order valence-corrected chi connectivity index (χ1v) is 11.9. The molecule has 9 nitrogen and oxygen atoms in total. The van der Waals surface area contributed by atoms with E-state index in [0.29, 0.717) is 11.1 Å². The summed E-state index contributed by atoms with van der Waals surface area (Å²) in [7, 11) is 0. The Bertz CT molecular complexity index is 1470. The maximum atomic E-state index is 14.8. The summed E-state index contributed by atoms with van der Waals surface area (Å²) in [4.78, 5) is 41.6. The topological polar surface area (TPSA) is 120 Å². The fourth-order valence-corrected chi connectivity index (χ4v) is 3.91. The zero-order valence-corrected chi connectivity index (χ0v) is 21.0. The maximum Gasteiger partial charge on any atom is 0.244 e.